The molecule has 0 aliphatic carbocycles. The predicted molar refractivity (Wildman–Crippen MR) is 471 cm³/mol. The standard InChI is InChI=1S/C98H98N16O12/c1-97(2,3)125-95(121)109-83(68-28-16-10-17-29-68)91(117)112-51-21-33-77(112)86-100-58-75(105-86)65-47-42-61(43-48-65)37-39-63-54-70(80-73(56-63)103-88(106-80)79-35-23-53-114(79)92(118)84(69-30-18-11-19-31-69)110-96(122)126-98(4,5)6)59-124-94(120)108-82(67-26-14-9-15-27-67)90(116)113-52-22-34-78(113)87-101-71-49-44-62(55-72(71)102-87)38-36-60-40-45-64(46-41-60)74-57-99-85(104-74)76-32-20-50-111(76)89(115)81(107-93(119)123-7)66-24-12-8-13-25-66/h8-19,24-31,40-49,54-58,76-79,81-84H,20-23,32-35,50-53,59H2,1-7H3,(H,99,104)(H,100,105)(H,101,102)(H,103,106)(H,107,119)(H,108,120)(H,109,121)(H,110,122). The fraction of sp³-hybridized carbons (Fsp3) is 0.306. The van der Waals surface area contributed by atoms with Gasteiger partial charge in [0.05, 0.1) is 64.7 Å². The number of amides is 8. The van der Waals surface area contributed by atoms with Crippen molar-refractivity contribution >= 4 is 70.1 Å². The summed E-state index contributed by atoms with van der Waals surface area (Å²) >= 11 is 0. The molecule has 0 bridgehead atoms. The van der Waals surface area contributed by atoms with Crippen molar-refractivity contribution in [2.75, 3.05) is 33.3 Å². The first-order valence-corrected chi connectivity index (χ1v) is 42.5. The highest BCUT2D eigenvalue weighted by molar-refractivity contribution is 5.91. The smallest absolute Gasteiger partial charge is 0.408 e. The van der Waals surface area contributed by atoms with E-state index >= 15 is 4.79 Å². The topological polar surface area (TPSA) is 349 Å². The predicted octanol–water partition coefficient (Wildman–Crippen LogP) is 16.0. The number of nitrogens with zero attached hydrogens (tertiary/aromatic N) is 8. The molecule has 642 valence electrons. The molecule has 8 atom stereocenters. The van der Waals surface area contributed by atoms with Crippen molar-refractivity contribution in [2.45, 2.75) is 159 Å². The van der Waals surface area contributed by atoms with E-state index in [1.54, 1.807) is 134 Å². The number of methoxy groups -OCH3 is 1. The number of fused-ring (bicyclic) bond motifs is 2. The summed E-state index contributed by atoms with van der Waals surface area (Å²) in [6, 6.07) is 55.1. The summed E-state index contributed by atoms with van der Waals surface area (Å²) in [5.74, 6) is 14.3. The van der Waals surface area contributed by atoms with Crippen LogP contribution in [-0.2, 0) is 44.7 Å². The first-order valence-electron chi connectivity index (χ1n) is 42.5. The molecule has 0 spiro atoms. The van der Waals surface area contributed by atoms with Crippen LogP contribution in [0.15, 0.2) is 213 Å². The van der Waals surface area contributed by atoms with Gasteiger partial charge in [0.15, 0.2) is 0 Å². The third-order valence-corrected chi connectivity index (χ3v) is 22.8. The fourth-order valence-electron chi connectivity index (χ4n) is 16.8. The van der Waals surface area contributed by atoms with E-state index in [0.29, 0.717) is 155 Å². The number of hydrogen-bond acceptors (Lipinski definition) is 16. The molecule has 28 nitrogen and oxygen atoms in total. The molecule has 4 aliphatic rings. The van der Waals surface area contributed by atoms with Gasteiger partial charge in [0, 0.05) is 77.5 Å². The zero-order valence-electron chi connectivity index (χ0n) is 71.0. The largest absolute Gasteiger partial charge is 0.453 e. The molecular formula is C98H98N16O12. The number of benzene rings is 8. The van der Waals surface area contributed by atoms with Crippen molar-refractivity contribution in [1.82, 2.24) is 80.7 Å². The van der Waals surface area contributed by atoms with E-state index in [0.717, 1.165) is 40.6 Å². The Balaban J connectivity index is 0.615. The van der Waals surface area contributed by atoms with E-state index in [1.807, 2.05) is 140 Å². The molecular weight excluding hydrogens is 1590 g/mol. The first kappa shape index (κ1) is 84.8. The van der Waals surface area contributed by atoms with Gasteiger partial charge in [-0.15, -0.1) is 0 Å². The van der Waals surface area contributed by atoms with Crippen LogP contribution >= 0.6 is 0 Å². The van der Waals surface area contributed by atoms with Gasteiger partial charge in [0.25, 0.3) is 23.6 Å². The second kappa shape index (κ2) is 37.1. The second-order valence-electron chi connectivity index (χ2n) is 33.8. The Morgan fingerprint density at radius 2 is 0.754 bits per heavy atom. The zero-order chi connectivity index (χ0) is 87.8. The number of aromatic amines is 4. The van der Waals surface area contributed by atoms with Crippen molar-refractivity contribution in [2.24, 2.45) is 0 Å². The van der Waals surface area contributed by atoms with Crippen molar-refractivity contribution in [1.29, 1.82) is 0 Å². The number of hydrogen-bond donors (Lipinski definition) is 8. The van der Waals surface area contributed by atoms with Crippen LogP contribution in [0, 0.1) is 23.7 Å². The number of ether oxygens (including phenoxy) is 4. The molecule has 8 unspecified atom stereocenters. The number of likely N-dealkylation sites (tertiary alicyclic amines) is 4. The Hall–Kier alpha value is -14.8. The van der Waals surface area contributed by atoms with Gasteiger partial charge in [-0.1, -0.05) is 169 Å². The maximum absolute atomic E-state index is 15.3. The van der Waals surface area contributed by atoms with Gasteiger partial charge < -0.3 is 79.8 Å². The summed E-state index contributed by atoms with van der Waals surface area (Å²) in [5, 5.41) is 11.3. The molecule has 4 aromatic heterocycles. The number of rotatable bonds is 20. The number of carbonyl (C=O) groups is 8. The Morgan fingerprint density at radius 1 is 0.397 bits per heavy atom. The van der Waals surface area contributed by atoms with Gasteiger partial charge >= 0.3 is 24.4 Å². The van der Waals surface area contributed by atoms with Crippen molar-refractivity contribution in [3.63, 3.8) is 0 Å². The summed E-state index contributed by atoms with van der Waals surface area (Å²) in [4.78, 5) is 153. The minimum Gasteiger partial charge on any atom is -0.453 e. The molecule has 0 radical (unpaired) electrons. The number of aromatic nitrogens is 8. The Kier molecular flexibility index (Phi) is 25.0. The minimum absolute atomic E-state index is 0.252. The van der Waals surface area contributed by atoms with Gasteiger partial charge in [-0.3, -0.25) is 19.2 Å². The van der Waals surface area contributed by atoms with Crippen LogP contribution in [0.1, 0.15) is 215 Å². The van der Waals surface area contributed by atoms with Gasteiger partial charge in [-0.2, -0.15) is 0 Å². The number of H-pyrrole nitrogens is 4. The van der Waals surface area contributed by atoms with E-state index in [2.05, 4.69) is 64.9 Å². The molecule has 8 N–H and O–H groups in total. The number of carbonyl (C=O) groups excluding carboxylic acids is 8. The molecule has 16 rings (SSSR count). The lowest BCUT2D eigenvalue weighted by Crippen LogP contribution is -2.44. The minimum atomic E-state index is -1.18. The van der Waals surface area contributed by atoms with E-state index in [-0.39, 0.29) is 42.3 Å². The number of nitrogens with one attached hydrogen (secondary N) is 8. The highest BCUT2D eigenvalue weighted by Gasteiger charge is 2.43. The Bertz CT molecular complexity index is 6140. The maximum atomic E-state index is 15.3. The molecule has 8 aromatic carbocycles. The van der Waals surface area contributed by atoms with Crippen LogP contribution in [0.5, 0.6) is 0 Å². The van der Waals surface area contributed by atoms with Gasteiger partial charge in [0.1, 0.15) is 65.3 Å². The first-order chi connectivity index (χ1) is 60.9. The summed E-state index contributed by atoms with van der Waals surface area (Å²) in [5.41, 5.74) is 9.47. The molecule has 126 heavy (non-hydrogen) atoms. The molecule has 0 saturated carbocycles. The van der Waals surface area contributed by atoms with Gasteiger partial charge in [-0.25, -0.2) is 39.1 Å². The van der Waals surface area contributed by atoms with Crippen molar-refractivity contribution in [3.05, 3.63) is 286 Å². The quantitative estimate of drug-likeness (QED) is 0.0260. The molecule has 4 saturated heterocycles. The molecule has 12 aromatic rings. The molecule has 8 amide bonds. The van der Waals surface area contributed by atoms with Gasteiger partial charge in [0.2, 0.25) is 0 Å². The SMILES string of the molecule is COC(=O)NC(C(=O)N1CCCC1c1nc(-c2ccc(C#Cc3ccc4nc(C5CCCN5C(=O)C(NC(=O)OCc5cc(C#Cc6ccc(-c7c[nH]c(C8CCCN8C(=O)C(NC(=O)OC(C)(C)C)c8ccccc8)n7)cc6)cc6nc(C7CCCN7C(=O)C(NC(=O)OC(C)(C)C)c7ccccc7)[nH]c56)c5ccccc5)[nH]c4c3)cc2)c[nH]1)c1ccccc1. The zero-order valence-corrected chi connectivity index (χ0v) is 71.0. The lowest BCUT2D eigenvalue weighted by Gasteiger charge is -2.29. The molecule has 4 aliphatic heterocycles. The normalized spacial score (nSPS) is 17.2. The van der Waals surface area contributed by atoms with Crippen LogP contribution in [0.25, 0.3) is 44.6 Å². The van der Waals surface area contributed by atoms with E-state index in [9.17, 15) is 33.6 Å². The maximum Gasteiger partial charge on any atom is 0.408 e. The average Bonchev–Trinajstić information content (AvgIpc) is 1.62. The summed E-state index contributed by atoms with van der Waals surface area (Å²) < 4.78 is 22.3. The lowest BCUT2D eigenvalue weighted by molar-refractivity contribution is -0.135. The molecule has 4 fully saturated rings. The molecule has 8 heterocycles. The van der Waals surface area contributed by atoms with E-state index in [1.165, 1.54) is 7.11 Å². The Morgan fingerprint density at radius 3 is 1.16 bits per heavy atom. The highest BCUT2D eigenvalue weighted by Crippen LogP contribution is 2.40. The van der Waals surface area contributed by atoms with Crippen LogP contribution in [0.2, 0.25) is 0 Å². The van der Waals surface area contributed by atoms with Crippen molar-refractivity contribution in [3.8, 4) is 46.2 Å². The lowest BCUT2D eigenvalue weighted by atomic mass is 10.0. The third kappa shape index (κ3) is 19.6. The third-order valence-electron chi connectivity index (χ3n) is 22.8. The van der Waals surface area contributed by atoms with Gasteiger partial charge in [-0.05, 0) is 170 Å². The average molecular weight is 1690 g/mol. The van der Waals surface area contributed by atoms with Crippen LogP contribution in [-0.4, -0.2) is 152 Å². The van der Waals surface area contributed by atoms with E-state index in [4.69, 9.17) is 38.9 Å². The second-order valence-corrected chi connectivity index (χ2v) is 33.8. The number of alkyl carbamates (subject to hydrolysis) is 4. The summed E-state index contributed by atoms with van der Waals surface area (Å²) in [6.07, 6.45) is 5.95. The molecule has 28 heteroatoms. The number of imidazole rings is 4. The fourth-order valence-corrected chi connectivity index (χ4v) is 16.8. The summed E-state index contributed by atoms with van der Waals surface area (Å²) in [7, 11) is 1.27. The van der Waals surface area contributed by atoms with Crippen LogP contribution < -0.4 is 21.3 Å². The van der Waals surface area contributed by atoms with Crippen molar-refractivity contribution < 1.29 is 57.3 Å². The van der Waals surface area contributed by atoms with Crippen LogP contribution in [0.4, 0.5) is 19.2 Å². The van der Waals surface area contributed by atoms with E-state index < -0.39 is 71.8 Å². The highest BCUT2D eigenvalue weighted by atomic mass is 16.6. The monoisotopic (exact) mass is 1690 g/mol. The summed E-state index contributed by atoms with van der Waals surface area (Å²) in [6.45, 7) is 12.0. The van der Waals surface area contributed by atoms with Crippen LogP contribution in [0.3, 0.4) is 0 Å². The Labute approximate surface area is 728 Å².